The second-order valence-corrected chi connectivity index (χ2v) is 5.70. The Morgan fingerprint density at radius 3 is 2.59 bits per heavy atom. The van der Waals surface area contributed by atoms with E-state index in [9.17, 15) is 9.18 Å². The standard InChI is InChI=1S/C16H25FN4O/c1-3-20-6-8-21(9-7-20)15-5-4-13(10-14(15)17)16(22)19-12(2)11-18/h4-5,10,12H,3,6-9,11,18H2,1-2H3,(H,19,22)/t12-/m0/s1. The van der Waals surface area contributed by atoms with Crippen molar-refractivity contribution in [1.82, 2.24) is 10.2 Å². The van der Waals surface area contributed by atoms with Crippen molar-refractivity contribution < 1.29 is 9.18 Å². The highest BCUT2D eigenvalue weighted by atomic mass is 19.1. The van der Waals surface area contributed by atoms with E-state index in [0.29, 0.717) is 17.8 Å². The molecule has 0 unspecified atom stereocenters. The smallest absolute Gasteiger partial charge is 0.251 e. The van der Waals surface area contributed by atoms with Crippen LogP contribution in [0.15, 0.2) is 18.2 Å². The van der Waals surface area contributed by atoms with E-state index in [2.05, 4.69) is 17.1 Å². The van der Waals surface area contributed by atoms with Crippen molar-refractivity contribution in [2.45, 2.75) is 19.9 Å². The van der Waals surface area contributed by atoms with Crippen molar-refractivity contribution in [2.75, 3.05) is 44.2 Å². The van der Waals surface area contributed by atoms with Gasteiger partial charge in [0.05, 0.1) is 5.69 Å². The molecular formula is C16H25FN4O. The number of anilines is 1. The first-order valence-corrected chi connectivity index (χ1v) is 7.83. The Labute approximate surface area is 131 Å². The first-order valence-electron chi connectivity index (χ1n) is 7.83. The molecule has 0 spiro atoms. The van der Waals surface area contributed by atoms with Gasteiger partial charge < -0.3 is 20.9 Å². The molecule has 0 aliphatic carbocycles. The van der Waals surface area contributed by atoms with Crippen LogP contribution < -0.4 is 16.0 Å². The third-order valence-electron chi connectivity index (χ3n) is 4.10. The van der Waals surface area contributed by atoms with Gasteiger partial charge in [-0.15, -0.1) is 0 Å². The topological polar surface area (TPSA) is 61.6 Å². The Morgan fingerprint density at radius 1 is 1.36 bits per heavy atom. The molecule has 1 aliphatic heterocycles. The normalized spacial score (nSPS) is 17.4. The predicted molar refractivity (Wildman–Crippen MR) is 86.7 cm³/mol. The van der Waals surface area contributed by atoms with Crippen molar-refractivity contribution >= 4 is 11.6 Å². The van der Waals surface area contributed by atoms with Crippen molar-refractivity contribution in [3.05, 3.63) is 29.6 Å². The van der Waals surface area contributed by atoms with E-state index in [0.717, 1.165) is 32.7 Å². The van der Waals surface area contributed by atoms with Gasteiger partial charge in [0.25, 0.3) is 5.91 Å². The van der Waals surface area contributed by atoms with Crippen LogP contribution in [0.25, 0.3) is 0 Å². The molecule has 1 aliphatic rings. The number of amides is 1. The second kappa shape index (κ2) is 7.56. The zero-order chi connectivity index (χ0) is 16.1. The molecule has 1 saturated heterocycles. The molecule has 22 heavy (non-hydrogen) atoms. The van der Waals surface area contributed by atoms with E-state index in [1.165, 1.54) is 6.07 Å². The lowest BCUT2D eigenvalue weighted by Crippen LogP contribution is -2.46. The van der Waals surface area contributed by atoms with Crippen molar-refractivity contribution in [3.8, 4) is 0 Å². The lowest BCUT2D eigenvalue weighted by Gasteiger charge is -2.35. The summed E-state index contributed by atoms with van der Waals surface area (Å²) < 4.78 is 14.3. The molecule has 3 N–H and O–H groups in total. The lowest BCUT2D eigenvalue weighted by molar-refractivity contribution is 0.0941. The minimum absolute atomic E-state index is 0.127. The van der Waals surface area contributed by atoms with Gasteiger partial charge in [-0.25, -0.2) is 4.39 Å². The van der Waals surface area contributed by atoms with Crippen LogP contribution in [0, 0.1) is 5.82 Å². The first-order chi connectivity index (χ1) is 10.5. The largest absolute Gasteiger partial charge is 0.367 e. The van der Waals surface area contributed by atoms with Crippen LogP contribution in [0.4, 0.5) is 10.1 Å². The Balaban J connectivity index is 2.05. The quantitative estimate of drug-likeness (QED) is 0.853. The monoisotopic (exact) mass is 308 g/mol. The molecule has 1 aromatic rings. The highest BCUT2D eigenvalue weighted by Crippen LogP contribution is 2.22. The zero-order valence-corrected chi connectivity index (χ0v) is 13.3. The summed E-state index contributed by atoms with van der Waals surface area (Å²) in [6.45, 7) is 8.81. The molecule has 1 amide bonds. The fourth-order valence-electron chi connectivity index (χ4n) is 2.58. The number of rotatable bonds is 5. The third kappa shape index (κ3) is 3.96. The van der Waals surface area contributed by atoms with Crippen LogP contribution in [0.2, 0.25) is 0 Å². The molecular weight excluding hydrogens is 283 g/mol. The average Bonchev–Trinajstić information content (AvgIpc) is 2.54. The molecule has 122 valence electrons. The Morgan fingerprint density at radius 2 is 2.05 bits per heavy atom. The predicted octanol–water partition coefficient (Wildman–Crippen LogP) is 1.04. The van der Waals surface area contributed by atoms with Crippen LogP contribution >= 0.6 is 0 Å². The van der Waals surface area contributed by atoms with Gasteiger partial charge in [-0.05, 0) is 31.7 Å². The molecule has 0 radical (unpaired) electrons. The van der Waals surface area contributed by atoms with Gasteiger partial charge in [-0.2, -0.15) is 0 Å². The second-order valence-electron chi connectivity index (χ2n) is 5.70. The maximum absolute atomic E-state index is 14.3. The number of hydrogen-bond acceptors (Lipinski definition) is 4. The first kappa shape index (κ1) is 16.7. The van der Waals surface area contributed by atoms with Crippen LogP contribution in [-0.4, -0.2) is 56.1 Å². The van der Waals surface area contributed by atoms with Gasteiger partial charge in [-0.1, -0.05) is 6.92 Å². The van der Waals surface area contributed by atoms with Crippen molar-refractivity contribution in [1.29, 1.82) is 0 Å². The van der Waals surface area contributed by atoms with Crippen molar-refractivity contribution in [2.24, 2.45) is 5.73 Å². The number of nitrogens with zero attached hydrogens (tertiary/aromatic N) is 2. The van der Waals surface area contributed by atoms with Crippen LogP contribution in [0.1, 0.15) is 24.2 Å². The fourth-order valence-corrected chi connectivity index (χ4v) is 2.58. The number of nitrogens with two attached hydrogens (primary N) is 1. The van der Waals surface area contributed by atoms with E-state index in [-0.39, 0.29) is 17.8 Å². The number of carbonyl (C=O) groups excluding carboxylic acids is 1. The average molecular weight is 308 g/mol. The van der Waals surface area contributed by atoms with Crippen LogP contribution in [0.5, 0.6) is 0 Å². The van der Waals surface area contributed by atoms with E-state index in [1.54, 1.807) is 12.1 Å². The molecule has 0 aromatic heterocycles. The Bertz CT molecular complexity index is 515. The lowest BCUT2D eigenvalue weighted by atomic mass is 10.1. The minimum atomic E-state index is -0.349. The number of hydrogen-bond donors (Lipinski definition) is 2. The SMILES string of the molecule is CCN1CCN(c2ccc(C(=O)N[C@@H](C)CN)cc2F)CC1. The molecule has 2 rings (SSSR count). The summed E-state index contributed by atoms with van der Waals surface area (Å²) in [7, 11) is 0. The van der Waals surface area contributed by atoms with Gasteiger partial charge in [0.15, 0.2) is 0 Å². The molecule has 0 bridgehead atoms. The number of carbonyl (C=O) groups is 1. The minimum Gasteiger partial charge on any atom is -0.367 e. The molecule has 1 heterocycles. The molecule has 1 fully saturated rings. The van der Waals surface area contributed by atoms with Crippen LogP contribution in [-0.2, 0) is 0 Å². The highest BCUT2D eigenvalue weighted by Gasteiger charge is 2.19. The van der Waals surface area contributed by atoms with E-state index in [4.69, 9.17) is 5.73 Å². The summed E-state index contributed by atoms with van der Waals surface area (Å²) >= 11 is 0. The Kier molecular flexibility index (Phi) is 5.74. The van der Waals surface area contributed by atoms with Gasteiger partial charge in [-0.3, -0.25) is 4.79 Å². The van der Waals surface area contributed by atoms with Gasteiger partial charge in [0.1, 0.15) is 5.82 Å². The number of piperazine rings is 1. The van der Waals surface area contributed by atoms with E-state index >= 15 is 0 Å². The molecule has 1 aromatic carbocycles. The van der Waals surface area contributed by atoms with Gasteiger partial charge in [0, 0.05) is 44.3 Å². The summed E-state index contributed by atoms with van der Waals surface area (Å²) in [5.41, 5.74) is 6.37. The van der Waals surface area contributed by atoms with E-state index < -0.39 is 0 Å². The zero-order valence-electron chi connectivity index (χ0n) is 13.3. The molecule has 5 nitrogen and oxygen atoms in total. The Hall–Kier alpha value is -1.66. The number of nitrogens with one attached hydrogen (secondary N) is 1. The number of benzene rings is 1. The van der Waals surface area contributed by atoms with E-state index in [1.807, 2.05) is 11.8 Å². The van der Waals surface area contributed by atoms with Crippen molar-refractivity contribution in [3.63, 3.8) is 0 Å². The third-order valence-corrected chi connectivity index (χ3v) is 4.10. The number of halogens is 1. The van der Waals surface area contributed by atoms with Gasteiger partial charge >= 0.3 is 0 Å². The van der Waals surface area contributed by atoms with Crippen LogP contribution in [0.3, 0.4) is 0 Å². The summed E-state index contributed by atoms with van der Waals surface area (Å²) in [6.07, 6.45) is 0. The fraction of sp³-hybridized carbons (Fsp3) is 0.562. The molecule has 1 atom stereocenters. The maximum Gasteiger partial charge on any atom is 0.251 e. The summed E-state index contributed by atoms with van der Waals surface area (Å²) in [5.74, 6) is -0.641. The summed E-state index contributed by atoms with van der Waals surface area (Å²) in [4.78, 5) is 16.4. The highest BCUT2D eigenvalue weighted by molar-refractivity contribution is 5.94. The molecule has 0 saturated carbocycles. The maximum atomic E-state index is 14.3. The molecule has 6 heteroatoms. The van der Waals surface area contributed by atoms with Gasteiger partial charge in [0.2, 0.25) is 0 Å². The summed E-state index contributed by atoms with van der Waals surface area (Å²) in [6, 6.07) is 4.54. The number of likely N-dealkylation sites (N-methyl/N-ethyl adjacent to an activating group) is 1. The summed E-state index contributed by atoms with van der Waals surface area (Å²) in [5, 5.41) is 2.73.